The van der Waals surface area contributed by atoms with Gasteiger partial charge < -0.3 is 0 Å². The summed E-state index contributed by atoms with van der Waals surface area (Å²) in [7, 11) is 0. The minimum Gasteiger partial charge on any atom is -0.140 e. The number of fused-ring (bicyclic) bond motifs is 1. The minimum atomic E-state index is 0.819. The molecule has 0 saturated heterocycles. The van der Waals surface area contributed by atoms with Crippen LogP contribution in [0.5, 0.6) is 0 Å². The summed E-state index contributed by atoms with van der Waals surface area (Å²) in [5.41, 5.74) is 1.17. The van der Waals surface area contributed by atoms with Gasteiger partial charge in [0.2, 0.25) is 0 Å². The van der Waals surface area contributed by atoms with Crippen LogP contribution < -0.4 is 0 Å². The molecular weight excluding hydrogens is 280 g/mol. The number of aryl methyl sites for hydroxylation is 1. The second-order valence-corrected chi connectivity index (χ2v) is 5.26. The summed E-state index contributed by atoms with van der Waals surface area (Å²) in [6.07, 6.45) is 1.08. The summed E-state index contributed by atoms with van der Waals surface area (Å²) in [4.78, 5) is 1.40. The monoisotopic (exact) mass is 288 g/mol. The topological polar surface area (TPSA) is 0 Å². The van der Waals surface area contributed by atoms with E-state index in [-0.39, 0.29) is 0 Å². The number of hydrogen-bond donors (Lipinski definition) is 0. The molecule has 0 amide bonds. The van der Waals surface area contributed by atoms with Gasteiger partial charge >= 0.3 is 0 Å². The Labute approximate surface area is 101 Å². The Morgan fingerprint density at radius 2 is 2.21 bits per heavy atom. The fourth-order valence-electron chi connectivity index (χ4n) is 1.45. The van der Waals surface area contributed by atoms with Gasteiger partial charge in [0.05, 0.1) is 5.02 Å². The van der Waals surface area contributed by atoms with Crippen molar-refractivity contribution in [1.82, 2.24) is 0 Å². The lowest BCUT2D eigenvalue weighted by Crippen LogP contribution is -1.78. The Morgan fingerprint density at radius 3 is 2.86 bits per heavy atom. The van der Waals surface area contributed by atoms with Crippen molar-refractivity contribution in [2.75, 3.05) is 0 Å². The summed E-state index contributed by atoms with van der Waals surface area (Å²) < 4.78 is 1.29. The van der Waals surface area contributed by atoms with Crippen LogP contribution >= 0.6 is 38.9 Å². The van der Waals surface area contributed by atoms with Gasteiger partial charge in [-0.1, -0.05) is 40.5 Å². The Balaban J connectivity index is 2.68. The summed E-state index contributed by atoms with van der Waals surface area (Å²) in [5.74, 6) is 0. The van der Waals surface area contributed by atoms with E-state index >= 15 is 0 Å². The van der Waals surface area contributed by atoms with Crippen molar-refractivity contribution in [3.63, 3.8) is 0 Å². The van der Waals surface area contributed by atoms with Crippen LogP contribution in [0.4, 0.5) is 0 Å². The first-order valence-corrected chi connectivity index (χ1v) is 6.83. The molecule has 74 valence electrons. The molecule has 0 spiro atoms. The first kappa shape index (κ1) is 10.5. The molecule has 0 fully saturated rings. The van der Waals surface area contributed by atoms with E-state index in [1.54, 1.807) is 0 Å². The van der Waals surface area contributed by atoms with Crippen LogP contribution in [0.15, 0.2) is 18.2 Å². The Hall–Kier alpha value is -0.0500. The van der Waals surface area contributed by atoms with Gasteiger partial charge in [-0.25, -0.2) is 0 Å². The number of benzene rings is 1. The highest BCUT2D eigenvalue weighted by Gasteiger charge is 2.07. The van der Waals surface area contributed by atoms with E-state index in [9.17, 15) is 0 Å². The lowest BCUT2D eigenvalue weighted by Gasteiger charge is -1.99. The molecule has 0 bridgehead atoms. The van der Waals surface area contributed by atoms with Crippen LogP contribution in [0.25, 0.3) is 10.1 Å². The van der Waals surface area contributed by atoms with Gasteiger partial charge in [-0.15, -0.1) is 11.3 Å². The summed E-state index contributed by atoms with van der Waals surface area (Å²) in [5, 5.41) is 2.92. The maximum absolute atomic E-state index is 6.29. The highest BCUT2D eigenvalue weighted by Crippen LogP contribution is 2.34. The van der Waals surface area contributed by atoms with E-state index in [1.165, 1.54) is 20.5 Å². The molecule has 0 unspecified atom stereocenters. The minimum absolute atomic E-state index is 0.819. The smallest absolute Gasteiger partial charge is 0.0533 e. The fraction of sp³-hybridized carbons (Fsp3) is 0.273. The van der Waals surface area contributed by atoms with E-state index in [4.69, 9.17) is 11.6 Å². The third-order valence-electron chi connectivity index (χ3n) is 2.26. The first-order chi connectivity index (χ1) is 6.76. The van der Waals surface area contributed by atoms with Crippen LogP contribution in [0.3, 0.4) is 0 Å². The number of hydrogen-bond acceptors (Lipinski definition) is 1. The molecule has 14 heavy (non-hydrogen) atoms. The van der Waals surface area contributed by atoms with Gasteiger partial charge in [-0.2, -0.15) is 0 Å². The molecule has 1 aromatic carbocycles. The molecule has 0 aliphatic heterocycles. The standard InChI is InChI=1S/C11H10BrClS/c1-2-8-5-9-10(14-8)4-3-7(6-12)11(9)13/h3-5H,2,6H2,1H3. The molecule has 3 heteroatoms. The average molecular weight is 290 g/mol. The van der Waals surface area contributed by atoms with E-state index in [0.29, 0.717) is 0 Å². The predicted molar refractivity (Wildman–Crippen MR) is 68.8 cm³/mol. The van der Waals surface area contributed by atoms with Crippen molar-refractivity contribution in [3.8, 4) is 0 Å². The van der Waals surface area contributed by atoms with Crippen molar-refractivity contribution in [2.24, 2.45) is 0 Å². The zero-order valence-corrected chi connectivity index (χ0v) is 11.0. The molecule has 1 heterocycles. The molecule has 0 saturated carbocycles. The maximum Gasteiger partial charge on any atom is 0.0533 e. The molecule has 1 aromatic heterocycles. The SMILES string of the molecule is CCc1cc2c(Cl)c(CBr)ccc2s1. The Morgan fingerprint density at radius 1 is 1.43 bits per heavy atom. The summed E-state index contributed by atoms with van der Waals surface area (Å²) in [6, 6.07) is 6.45. The molecule has 0 radical (unpaired) electrons. The first-order valence-electron chi connectivity index (χ1n) is 4.52. The Kier molecular flexibility index (Phi) is 3.15. The fourth-order valence-corrected chi connectivity index (χ4v) is 3.43. The predicted octanol–water partition coefficient (Wildman–Crippen LogP) is 5.01. The van der Waals surface area contributed by atoms with Gasteiger partial charge in [0, 0.05) is 20.3 Å². The van der Waals surface area contributed by atoms with Crippen LogP contribution in [0.1, 0.15) is 17.4 Å². The van der Waals surface area contributed by atoms with Crippen molar-refractivity contribution in [2.45, 2.75) is 18.7 Å². The highest BCUT2D eigenvalue weighted by atomic mass is 79.9. The van der Waals surface area contributed by atoms with Crippen LogP contribution in [0, 0.1) is 0 Å². The quantitative estimate of drug-likeness (QED) is 0.682. The number of alkyl halides is 1. The zero-order chi connectivity index (χ0) is 10.1. The van der Waals surface area contributed by atoms with E-state index in [2.05, 4.69) is 41.1 Å². The molecular formula is C11H10BrClS. The van der Waals surface area contributed by atoms with Gasteiger partial charge in [-0.3, -0.25) is 0 Å². The van der Waals surface area contributed by atoms with Crippen LogP contribution in [-0.4, -0.2) is 0 Å². The normalized spacial score (nSPS) is 11.1. The lowest BCUT2D eigenvalue weighted by molar-refractivity contribution is 1.19. The van der Waals surface area contributed by atoms with Gasteiger partial charge in [0.15, 0.2) is 0 Å². The molecule has 2 aromatic rings. The number of halogens is 2. The van der Waals surface area contributed by atoms with Crippen LogP contribution in [-0.2, 0) is 11.8 Å². The van der Waals surface area contributed by atoms with Crippen molar-refractivity contribution < 1.29 is 0 Å². The molecule has 2 rings (SSSR count). The number of thiophene rings is 1. The lowest BCUT2D eigenvalue weighted by atomic mass is 10.2. The van der Waals surface area contributed by atoms with Gasteiger partial charge in [-0.05, 0) is 24.1 Å². The molecule has 0 nitrogen and oxygen atoms in total. The maximum atomic E-state index is 6.29. The number of rotatable bonds is 2. The highest BCUT2D eigenvalue weighted by molar-refractivity contribution is 9.08. The van der Waals surface area contributed by atoms with Crippen molar-refractivity contribution in [1.29, 1.82) is 0 Å². The van der Waals surface area contributed by atoms with E-state index in [1.807, 2.05) is 11.3 Å². The van der Waals surface area contributed by atoms with Crippen molar-refractivity contribution >= 4 is 49.0 Å². The third-order valence-corrected chi connectivity index (χ3v) is 4.55. The average Bonchev–Trinajstić information content (AvgIpc) is 2.62. The van der Waals surface area contributed by atoms with Gasteiger partial charge in [0.1, 0.15) is 0 Å². The summed E-state index contributed by atoms with van der Waals surface area (Å²) >= 11 is 11.6. The molecule has 0 atom stereocenters. The van der Waals surface area contributed by atoms with Crippen LogP contribution in [0.2, 0.25) is 5.02 Å². The molecule has 0 aliphatic carbocycles. The second kappa shape index (κ2) is 4.21. The van der Waals surface area contributed by atoms with Gasteiger partial charge in [0.25, 0.3) is 0 Å². The van der Waals surface area contributed by atoms with E-state index < -0.39 is 0 Å². The molecule has 0 aliphatic rings. The van der Waals surface area contributed by atoms with Crippen molar-refractivity contribution in [3.05, 3.63) is 33.7 Å². The largest absolute Gasteiger partial charge is 0.140 e. The third kappa shape index (κ3) is 1.71. The zero-order valence-electron chi connectivity index (χ0n) is 7.81. The summed E-state index contributed by atoms with van der Waals surface area (Å²) in [6.45, 7) is 2.17. The second-order valence-electron chi connectivity index (χ2n) is 3.15. The molecule has 0 N–H and O–H groups in total. The van der Waals surface area contributed by atoms with E-state index in [0.717, 1.165) is 16.8 Å². The Bertz CT molecular complexity index is 462.